The molecule has 0 amide bonds. The number of thioether (sulfide) groups is 2. The normalized spacial score (nSPS) is 13.3. The van der Waals surface area contributed by atoms with Crippen LogP contribution in [0.1, 0.15) is 192 Å². The van der Waals surface area contributed by atoms with E-state index >= 15 is 0 Å². The molecule has 0 aromatic heterocycles. The Morgan fingerprint density at radius 3 is 1.57 bits per heavy atom. The van der Waals surface area contributed by atoms with Gasteiger partial charge in [0.05, 0.1) is 5.92 Å². The molecule has 0 aliphatic carbocycles. The van der Waals surface area contributed by atoms with Crippen LogP contribution in [-0.4, -0.2) is 38.7 Å². The minimum atomic E-state index is -0.673. The number of phenolic OH excluding ortho intramolecular Hbond substituents is 1. The monoisotopic (exact) mass is 693 g/mol. The van der Waals surface area contributed by atoms with Crippen molar-refractivity contribution < 1.29 is 15.0 Å². The predicted molar refractivity (Wildman–Crippen MR) is 213 cm³/mol. The molecule has 2 N–H and O–H groups in total. The molecule has 47 heavy (non-hydrogen) atoms. The van der Waals surface area contributed by atoms with Gasteiger partial charge in [-0.25, -0.2) is 0 Å². The predicted octanol–water partition coefficient (Wildman–Crippen LogP) is 13.6. The van der Waals surface area contributed by atoms with Crippen LogP contribution in [0.25, 0.3) is 0 Å². The molecule has 2 atom stereocenters. The van der Waals surface area contributed by atoms with Gasteiger partial charge in [0, 0.05) is 5.25 Å². The first kappa shape index (κ1) is 44.2. The van der Waals surface area contributed by atoms with Crippen LogP contribution >= 0.6 is 23.5 Å². The zero-order chi connectivity index (χ0) is 34.9. The minimum Gasteiger partial charge on any atom is -0.507 e. The van der Waals surface area contributed by atoms with Gasteiger partial charge in [-0.3, -0.25) is 4.79 Å². The molecule has 274 valence electrons. The lowest BCUT2D eigenvalue weighted by molar-refractivity contribution is -0.141. The first-order chi connectivity index (χ1) is 22.5. The zero-order valence-corrected chi connectivity index (χ0v) is 33.7. The molecule has 1 rings (SSSR count). The molecule has 0 radical (unpaired) electrons. The summed E-state index contributed by atoms with van der Waals surface area (Å²) in [6, 6.07) is 2.09. The molecule has 0 spiro atoms. The van der Waals surface area contributed by atoms with Crippen LogP contribution in [0.2, 0.25) is 0 Å². The highest BCUT2D eigenvalue weighted by molar-refractivity contribution is 8.00. The second kappa shape index (κ2) is 27.0. The number of phenols is 1. The maximum absolute atomic E-state index is 12.9. The lowest BCUT2D eigenvalue weighted by atomic mass is 9.81. The van der Waals surface area contributed by atoms with E-state index in [1.54, 1.807) is 0 Å². The number of carboxylic acid groups (broad SMARTS) is 1. The SMILES string of the molecule is CCCCCCCCCCCCSCCC(SCCCCCCCCCCCC)C(Cc1cc(C(C)(C)C)c(O)c(C)c1C)C(=O)O. The van der Waals surface area contributed by atoms with Gasteiger partial charge in [-0.05, 0) is 84.5 Å². The molecule has 5 heteroatoms. The van der Waals surface area contributed by atoms with Gasteiger partial charge in [-0.15, -0.1) is 0 Å². The summed E-state index contributed by atoms with van der Waals surface area (Å²) in [6.07, 6.45) is 28.4. The van der Waals surface area contributed by atoms with E-state index in [0.29, 0.717) is 12.2 Å². The highest BCUT2D eigenvalue weighted by Crippen LogP contribution is 2.38. The maximum atomic E-state index is 12.9. The van der Waals surface area contributed by atoms with E-state index < -0.39 is 11.9 Å². The van der Waals surface area contributed by atoms with E-state index in [-0.39, 0.29) is 10.7 Å². The Bertz CT molecular complexity index is 939. The molecule has 0 saturated carbocycles. The second-order valence-corrected chi connectivity index (χ2v) is 17.8. The summed E-state index contributed by atoms with van der Waals surface area (Å²) >= 11 is 3.95. The van der Waals surface area contributed by atoms with E-state index in [2.05, 4.69) is 40.7 Å². The van der Waals surface area contributed by atoms with Crippen molar-refractivity contribution >= 4 is 29.5 Å². The fraction of sp³-hybridized carbons (Fsp3) is 0.833. The van der Waals surface area contributed by atoms with Crippen molar-refractivity contribution in [2.45, 2.75) is 200 Å². The van der Waals surface area contributed by atoms with Crippen LogP contribution in [-0.2, 0) is 16.6 Å². The molecule has 1 aromatic carbocycles. The minimum absolute atomic E-state index is 0.109. The van der Waals surface area contributed by atoms with Gasteiger partial charge in [-0.2, -0.15) is 23.5 Å². The number of aromatic hydroxyl groups is 1. The summed E-state index contributed by atoms with van der Waals surface area (Å²) in [5.74, 6) is 2.55. The van der Waals surface area contributed by atoms with Gasteiger partial charge in [0.2, 0.25) is 0 Å². The average molecular weight is 693 g/mol. The summed E-state index contributed by atoms with van der Waals surface area (Å²) in [4.78, 5) is 12.9. The van der Waals surface area contributed by atoms with Crippen molar-refractivity contribution in [1.29, 1.82) is 0 Å². The standard InChI is InChI=1S/C42H76O3S2/c1-8-10-12-14-16-18-20-22-24-26-29-46-31-28-39(47-30-27-25-23-21-19-17-15-13-11-9-2)37(41(44)45)32-36-33-38(42(5,6)7)40(43)35(4)34(36)3/h33,37,39,43H,8-32H2,1-7H3,(H,44,45). The Kier molecular flexibility index (Phi) is 25.4. The van der Waals surface area contributed by atoms with Crippen molar-refractivity contribution in [3.8, 4) is 5.75 Å². The van der Waals surface area contributed by atoms with E-state index in [4.69, 9.17) is 0 Å². The van der Waals surface area contributed by atoms with Crippen molar-refractivity contribution in [3.63, 3.8) is 0 Å². The summed E-state index contributed by atoms with van der Waals surface area (Å²) in [5.41, 5.74) is 3.72. The van der Waals surface area contributed by atoms with E-state index in [1.165, 1.54) is 134 Å². The van der Waals surface area contributed by atoms with Gasteiger partial charge < -0.3 is 10.2 Å². The van der Waals surface area contributed by atoms with Crippen molar-refractivity contribution in [2.24, 2.45) is 5.92 Å². The molecule has 0 bridgehead atoms. The number of carbonyl (C=O) groups is 1. The van der Waals surface area contributed by atoms with Gasteiger partial charge in [-0.1, -0.05) is 156 Å². The maximum Gasteiger partial charge on any atom is 0.307 e. The van der Waals surface area contributed by atoms with Crippen LogP contribution in [0.4, 0.5) is 0 Å². The van der Waals surface area contributed by atoms with E-state index in [0.717, 1.165) is 40.2 Å². The summed E-state index contributed by atoms with van der Waals surface area (Å²) in [6.45, 7) is 14.9. The molecule has 3 nitrogen and oxygen atoms in total. The van der Waals surface area contributed by atoms with Gasteiger partial charge in [0.1, 0.15) is 5.75 Å². The van der Waals surface area contributed by atoms with Crippen molar-refractivity contribution in [3.05, 3.63) is 28.3 Å². The fourth-order valence-corrected chi connectivity index (χ4v) is 9.17. The van der Waals surface area contributed by atoms with Crippen LogP contribution in [0.3, 0.4) is 0 Å². The van der Waals surface area contributed by atoms with Gasteiger partial charge in [0.25, 0.3) is 0 Å². The smallest absolute Gasteiger partial charge is 0.307 e. The van der Waals surface area contributed by atoms with Crippen LogP contribution in [0, 0.1) is 19.8 Å². The molecule has 0 aliphatic rings. The lowest BCUT2D eigenvalue weighted by Gasteiger charge is -2.27. The second-order valence-electron chi connectivity index (χ2n) is 15.3. The highest BCUT2D eigenvalue weighted by Gasteiger charge is 2.31. The van der Waals surface area contributed by atoms with Gasteiger partial charge >= 0.3 is 5.97 Å². The molecular formula is C42H76O3S2. The van der Waals surface area contributed by atoms with Crippen LogP contribution in [0.5, 0.6) is 5.75 Å². The van der Waals surface area contributed by atoms with Crippen molar-refractivity contribution in [1.82, 2.24) is 0 Å². The number of rotatable bonds is 30. The molecule has 0 heterocycles. The number of hydrogen-bond donors (Lipinski definition) is 2. The Morgan fingerprint density at radius 1 is 0.681 bits per heavy atom. The first-order valence-electron chi connectivity index (χ1n) is 19.8. The topological polar surface area (TPSA) is 57.5 Å². The molecule has 2 unspecified atom stereocenters. The Hall–Kier alpha value is -0.810. The van der Waals surface area contributed by atoms with Crippen molar-refractivity contribution in [2.75, 3.05) is 17.3 Å². The fourth-order valence-electron chi connectivity index (χ4n) is 6.59. The molecular weight excluding hydrogens is 617 g/mol. The zero-order valence-electron chi connectivity index (χ0n) is 32.0. The summed E-state index contributed by atoms with van der Waals surface area (Å²) in [7, 11) is 0. The van der Waals surface area contributed by atoms with E-state index in [9.17, 15) is 15.0 Å². The largest absolute Gasteiger partial charge is 0.507 e. The van der Waals surface area contributed by atoms with E-state index in [1.807, 2.05) is 37.4 Å². The molecule has 0 aliphatic heterocycles. The Labute approximate surface area is 301 Å². The molecule has 0 fully saturated rings. The number of aliphatic carboxylic acids is 1. The summed E-state index contributed by atoms with van der Waals surface area (Å²) in [5, 5.41) is 21.6. The highest BCUT2D eigenvalue weighted by atomic mass is 32.2. The third-order valence-corrected chi connectivity index (χ3v) is 12.6. The molecule has 1 aromatic rings. The Balaban J connectivity index is 2.70. The average Bonchev–Trinajstić information content (AvgIpc) is 3.02. The number of unbranched alkanes of at least 4 members (excludes halogenated alkanes) is 18. The molecule has 0 saturated heterocycles. The lowest BCUT2D eigenvalue weighted by Crippen LogP contribution is -2.29. The number of benzene rings is 1. The van der Waals surface area contributed by atoms with Gasteiger partial charge in [0.15, 0.2) is 0 Å². The summed E-state index contributed by atoms with van der Waals surface area (Å²) < 4.78 is 0. The van der Waals surface area contributed by atoms with Crippen LogP contribution in [0.15, 0.2) is 6.07 Å². The quantitative estimate of drug-likeness (QED) is 0.0786. The Morgan fingerprint density at radius 2 is 1.13 bits per heavy atom. The number of carboxylic acids is 1. The first-order valence-corrected chi connectivity index (χ1v) is 22.0. The number of hydrogen-bond acceptors (Lipinski definition) is 4. The third-order valence-electron chi connectivity index (χ3n) is 10.0. The third kappa shape index (κ3) is 19.8. The van der Waals surface area contributed by atoms with Crippen LogP contribution < -0.4 is 0 Å².